The lowest BCUT2D eigenvalue weighted by atomic mass is 10.3. The maximum atomic E-state index is 5.97. The maximum absolute atomic E-state index is 5.97. The van der Waals surface area contributed by atoms with Gasteiger partial charge in [0.15, 0.2) is 0 Å². The van der Waals surface area contributed by atoms with Crippen LogP contribution in [-0.4, -0.2) is 41.0 Å². The first-order chi connectivity index (χ1) is 9.47. The van der Waals surface area contributed by atoms with E-state index in [0.29, 0.717) is 11.3 Å². The van der Waals surface area contributed by atoms with Crippen molar-refractivity contribution in [1.82, 2.24) is 14.9 Å². The van der Waals surface area contributed by atoms with Gasteiger partial charge >= 0.3 is 0 Å². The first-order valence-corrected chi connectivity index (χ1v) is 8.04. The summed E-state index contributed by atoms with van der Waals surface area (Å²) in [6, 6.07) is 2.69. The van der Waals surface area contributed by atoms with E-state index in [1.807, 2.05) is 0 Å². The molecule has 0 atom stereocenters. The van der Waals surface area contributed by atoms with Gasteiger partial charge in [-0.25, -0.2) is 9.97 Å². The van der Waals surface area contributed by atoms with Gasteiger partial charge in [0.1, 0.15) is 10.6 Å². The average Bonchev–Trinajstić information content (AvgIpc) is 2.74. The lowest BCUT2D eigenvalue weighted by Gasteiger charge is -2.20. The number of rotatable bonds is 6. The molecule has 0 saturated carbocycles. The van der Waals surface area contributed by atoms with Gasteiger partial charge in [-0.05, 0) is 58.5 Å². The van der Waals surface area contributed by atoms with Crippen LogP contribution in [0.25, 0.3) is 10.2 Å². The molecule has 2 aromatic rings. The Kier molecular flexibility index (Phi) is 5.18. The van der Waals surface area contributed by atoms with E-state index in [-0.39, 0.29) is 0 Å². The van der Waals surface area contributed by atoms with E-state index in [1.54, 1.807) is 11.3 Å². The van der Waals surface area contributed by atoms with Gasteiger partial charge in [-0.3, -0.25) is 0 Å². The van der Waals surface area contributed by atoms with Crippen molar-refractivity contribution in [1.29, 1.82) is 0 Å². The molecule has 6 heteroatoms. The second-order valence-corrected chi connectivity index (χ2v) is 6.84. The number of thiophene rings is 1. The molecule has 0 aliphatic carbocycles. The first-order valence-electron chi connectivity index (χ1n) is 6.85. The number of nitrogens with one attached hydrogen (secondary N) is 1. The molecule has 0 bridgehead atoms. The largest absolute Gasteiger partial charge is 0.369 e. The molecule has 0 spiro atoms. The van der Waals surface area contributed by atoms with Gasteiger partial charge < -0.3 is 10.2 Å². The summed E-state index contributed by atoms with van der Waals surface area (Å²) in [4.78, 5) is 13.1. The summed E-state index contributed by atoms with van der Waals surface area (Å²) in [7, 11) is 2.15. The average molecular weight is 313 g/mol. The number of fused-ring (bicyclic) bond motifs is 1. The van der Waals surface area contributed by atoms with E-state index in [4.69, 9.17) is 11.6 Å². The van der Waals surface area contributed by atoms with Gasteiger partial charge in [0.25, 0.3) is 0 Å². The van der Waals surface area contributed by atoms with Gasteiger partial charge in [0.05, 0.1) is 5.39 Å². The topological polar surface area (TPSA) is 41.0 Å². The second kappa shape index (κ2) is 6.70. The second-order valence-electron chi connectivity index (χ2n) is 5.27. The highest BCUT2D eigenvalue weighted by atomic mass is 35.5. The molecule has 0 aliphatic heterocycles. The number of anilines is 1. The van der Waals surface area contributed by atoms with Crippen LogP contribution in [0.2, 0.25) is 5.28 Å². The van der Waals surface area contributed by atoms with Crippen LogP contribution in [0.3, 0.4) is 0 Å². The smallest absolute Gasteiger partial charge is 0.225 e. The monoisotopic (exact) mass is 312 g/mol. The zero-order valence-electron chi connectivity index (χ0n) is 12.4. The third kappa shape index (κ3) is 3.81. The standard InChI is InChI=1S/C14H21ClN4S/c1-9(2)19(4)7-5-6-16-12-11-8-10(3)20-13(11)18-14(15)17-12/h8-9H,5-7H2,1-4H3,(H,16,17,18). The molecule has 2 aromatic heterocycles. The Labute approximate surface area is 129 Å². The van der Waals surface area contributed by atoms with Crippen LogP contribution < -0.4 is 5.32 Å². The van der Waals surface area contributed by atoms with Crippen LogP contribution in [0.4, 0.5) is 5.82 Å². The third-order valence-corrected chi connectivity index (χ3v) is 4.46. The molecule has 2 heterocycles. The summed E-state index contributed by atoms with van der Waals surface area (Å²) in [5.74, 6) is 0.844. The minimum Gasteiger partial charge on any atom is -0.369 e. The van der Waals surface area contributed by atoms with Gasteiger partial charge in [-0.15, -0.1) is 11.3 Å². The van der Waals surface area contributed by atoms with Crippen molar-refractivity contribution in [2.45, 2.75) is 33.2 Å². The number of nitrogens with zero attached hydrogens (tertiary/aromatic N) is 3. The summed E-state index contributed by atoms with van der Waals surface area (Å²) in [6.07, 6.45) is 1.07. The minimum absolute atomic E-state index is 0.307. The Morgan fingerprint density at radius 2 is 2.15 bits per heavy atom. The highest BCUT2D eigenvalue weighted by Gasteiger charge is 2.09. The van der Waals surface area contributed by atoms with Crippen molar-refractivity contribution < 1.29 is 0 Å². The number of hydrogen-bond acceptors (Lipinski definition) is 5. The highest BCUT2D eigenvalue weighted by Crippen LogP contribution is 2.29. The molecule has 2 rings (SSSR count). The fourth-order valence-corrected chi connectivity index (χ4v) is 3.04. The zero-order valence-corrected chi connectivity index (χ0v) is 14.0. The number of aryl methyl sites for hydroxylation is 1. The molecular weight excluding hydrogens is 292 g/mol. The van der Waals surface area contributed by atoms with Crippen LogP contribution >= 0.6 is 22.9 Å². The molecule has 1 N–H and O–H groups in total. The van der Waals surface area contributed by atoms with Crippen LogP contribution in [0, 0.1) is 6.92 Å². The Balaban J connectivity index is 1.99. The summed E-state index contributed by atoms with van der Waals surface area (Å²) in [5, 5.41) is 4.75. The van der Waals surface area contributed by atoms with E-state index < -0.39 is 0 Å². The van der Waals surface area contributed by atoms with E-state index in [9.17, 15) is 0 Å². The molecule has 0 aromatic carbocycles. The predicted molar refractivity (Wildman–Crippen MR) is 88.0 cm³/mol. The molecule has 0 radical (unpaired) electrons. The van der Waals surface area contributed by atoms with Crippen LogP contribution in [-0.2, 0) is 0 Å². The third-order valence-electron chi connectivity index (χ3n) is 3.35. The van der Waals surface area contributed by atoms with E-state index >= 15 is 0 Å². The number of halogens is 1. The van der Waals surface area contributed by atoms with Gasteiger partial charge in [-0.2, -0.15) is 0 Å². The Hall–Kier alpha value is -0.910. The molecule has 0 aliphatic rings. The van der Waals surface area contributed by atoms with E-state index in [1.165, 1.54) is 4.88 Å². The fourth-order valence-electron chi connectivity index (χ4n) is 1.94. The number of hydrogen-bond donors (Lipinski definition) is 1. The van der Waals surface area contributed by atoms with Crippen LogP contribution in [0.1, 0.15) is 25.1 Å². The maximum Gasteiger partial charge on any atom is 0.225 e. The molecule has 0 unspecified atom stereocenters. The van der Waals surface area contributed by atoms with Gasteiger partial charge in [-0.1, -0.05) is 0 Å². The minimum atomic E-state index is 0.307. The quantitative estimate of drug-likeness (QED) is 0.651. The first kappa shape index (κ1) is 15.5. The molecule has 110 valence electrons. The number of aromatic nitrogens is 2. The molecule has 4 nitrogen and oxygen atoms in total. The van der Waals surface area contributed by atoms with Crippen molar-refractivity contribution in [3.63, 3.8) is 0 Å². The SMILES string of the molecule is Cc1cc2c(NCCCN(C)C(C)C)nc(Cl)nc2s1. The molecule has 0 amide bonds. The van der Waals surface area contributed by atoms with Gasteiger partial charge in [0, 0.05) is 17.5 Å². The van der Waals surface area contributed by atoms with Crippen molar-refractivity contribution in [2.24, 2.45) is 0 Å². The van der Waals surface area contributed by atoms with E-state index in [0.717, 1.165) is 35.5 Å². The highest BCUT2D eigenvalue weighted by molar-refractivity contribution is 7.18. The van der Waals surface area contributed by atoms with Gasteiger partial charge in [0.2, 0.25) is 5.28 Å². The Bertz CT molecular complexity index is 582. The fraction of sp³-hybridized carbons (Fsp3) is 0.571. The molecule has 20 heavy (non-hydrogen) atoms. The summed E-state index contributed by atoms with van der Waals surface area (Å²) in [6.45, 7) is 8.43. The normalized spacial score (nSPS) is 11.8. The van der Waals surface area contributed by atoms with Crippen molar-refractivity contribution in [3.05, 3.63) is 16.2 Å². The lowest BCUT2D eigenvalue weighted by Crippen LogP contribution is -2.28. The predicted octanol–water partition coefficient (Wildman–Crippen LogP) is 3.80. The van der Waals surface area contributed by atoms with Crippen LogP contribution in [0.15, 0.2) is 6.07 Å². The molecular formula is C14H21ClN4S. The summed E-state index contributed by atoms with van der Waals surface area (Å²) < 4.78 is 0. The summed E-state index contributed by atoms with van der Waals surface area (Å²) in [5.41, 5.74) is 0. The summed E-state index contributed by atoms with van der Waals surface area (Å²) >= 11 is 7.62. The zero-order chi connectivity index (χ0) is 14.7. The lowest BCUT2D eigenvalue weighted by molar-refractivity contribution is 0.273. The molecule has 0 saturated heterocycles. The van der Waals surface area contributed by atoms with E-state index in [2.05, 4.69) is 54.1 Å². The molecule has 0 fully saturated rings. The Morgan fingerprint density at radius 3 is 2.85 bits per heavy atom. The van der Waals surface area contributed by atoms with Crippen molar-refractivity contribution in [3.8, 4) is 0 Å². The van der Waals surface area contributed by atoms with Crippen molar-refractivity contribution >= 4 is 39.0 Å². The Morgan fingerprint density at radius 1 is 1.40 bits per heavy atom. The van der Waals surface area contributed by atoms with Crippen LogP contribution in [0.5, 0.6) is 0 Å². The van der Waals surface area contributed by atoms with Crippen molar-refractivity contribution in [2.75, 3.05) is 25.5 Å².